The van der Waals surface area contributed by atoms with E-state index in [1.165, 1.54) is 61.3 Å². The van der Waals surface area contributed by atoms with E-state index in [2.05, 4.69) is 46.0 Å². The van der Waals surface area contributed by atoms with Crippen molar-refractivity contribution in [2.24, 2.45) is 0 Å². The molecule has 1 saturated carbocycles. The molecule has 0 bridgehead atoms. The Balaban J connectivity index is 1.74. The Morgan fingerprint density at radius 2 is 1.71 bits per heavy atom. The predicted octanol–water partition coefficient (Wildman–Crippen LogP) is 3.78. The Morgan fingerprint density at radius 3 is 2.48 bits per heavy atom. The fourth-order valence-electron chi connectivity index (χ4n) is 3.65. The van der Waals surface area contributed by atoms with Gasteiger partial charge in [-0.15, -0.1) is 10.2 Å². The molecule has 2 aliphatic rings. The van der Waals surface area contributed by atoms with Crippen molar-refractivity contribution in [2.45, 2.75) is 63.8 Å². The number of rotatable bonds is 2. The molecule has 2 aromatic rings. The van der Waals surface area contributed by atoms with Gasteiger partial charge in [0.25, 0.3) is 0 Å². The molecule has 1 fully saturated rings. The van der Waals surface area contributed by atoms with E-state index in [0.29, 0.717) is 0 Å². The molecule has 2 heterocycles. The molecule has 0 atom stereocenters. The first-order valence-corrected chi connectivity index (χ1v) is 8.29. The van der Waals surface area contributed by atoms with Gasteiger partial charge in [-0.1, -0.05) is 42.7 Å². The van der Waals surface area contributed by atoms with E-state index in [9.17, 15) is 0 Å². The maximum Gasteiger partial charge on any atom is 0.143 e. The van der Waals surface area contributed by atoms with Gasteiger partial charge < -0.3 is 4.57 Å². The maximum atomic E-state index is 4.63. The maximum absolute atomic E-state index is 4.63. The van der Waals surface area contributed by atoms with Crippen LogP contribution in [-0.2, 0) is 18.4 Å². The zero-order chi connectivity index (χ0) is 14.3. The summed E-state index contributed by atoms with van der Waals surface area (Å²) >= 11 is 0. The van der Waals surface area contributed by atoms with Gasteiger partial charge in [-0.25, -0.2) is 0 Å². The fraction of sp³-hybridized carbons (Fsp3) is 0.556. The van der Waals surface area contributed by atoms with Crippen LogP contribution in [0.5, 0.6) is 0 Å². The standard InChI is InChI=1S/C18H23N3/c1-14-7-9-15(10-8-14)18(11-12-18)17-20-19-16-6-4-2-3-5-13-21(16)17/h7-10H,2-6,11-13H2,1H3. The highest BCUT2D eigenvalue weighted by Gasteiger charge is 2.50. The molecule has 0 N–H and O–H groups in total. The summed E-state index contributed by atoms with van der Waals surface area (Å²) in [6.45, 7) is 3.25. The van der Waals surface area contributed by atoms with Crippen LogP contribution >= 0.6 is 0 Å². The molecule has 0 saturated heterocycles. The Labute approximate surface area is 126 Å². The third kappa shape index (κ3) is 2.19. The van der Waals surface area contributed by atoms with Crippen molar-refractivity contribution in [3.05, 3.63) is 47.0 Å². The van der Waals surface area contributed by atoms with Crippen molar-refractivity contribution in [3.63, 3.8) is 0 Å². The highest BCUT2D eigenvalue weighted by Crippen LogP contribution is 2.53. The van der Waals surface area contributed by atoms with Gasteiger partial charge in [0.2, 0.25) is 0 Å². The van der Waals surface area contributed by atoms with E-state index in [0.717, 1.165) is 13.0 Å². The van der Waals surface area contributed by atoms with E-state index < -0.39 is 0 Å². The highest BCUT2D eigenvalue weighted by atomic mass is 15.3. The molecule has 1 aliphatic heterocycles. The molecule has 1 aromatic carbocycles. The quantitative estimate of drug-likeness (QED) is 0.838. The van der Waals surface area contributed by atoms with Crippen molar-refractivity contribution >= 4 is 0 Å². The molecule has 0 radical (unpaired) electrons. The van der Waals surface area contributed by atoms with Crippen molar-refractivity contribution in [3.8, 4) is 0 Å². The molecule has 21 heavy (non-hydrogen) atoms. The Kier molecular flexibility index (Phi) is 3.09. The summed E-state index contributed by atoms with van der Waals surface area (Å²) in [5.41, 5.74) is 2.90. The van der Waals surface area contributed by atoms with E-state index in [1.807, 2.05) is 0 Å². The normalized spacial score (nSPS) is 20.4. The second-order valence-corrected chi connectivity index (χ2v) is 6.70. The lowest BCUT2D eigenvalue weighted by atomic mass is 9.94. The second-order valence-electron chi connectivity index (χ2n) is 6.70. The first-order chi connectivity index (χ1) is 10.3. The van der Waals surface area contributed by atoms with E-state index in [4.69, 9.17) is 0 Å². The Bertz CT molecular complexity index is 635. The number of aromatic nitrogens is 3. The number of hydrogen-bond acceptors (Lipinski definition) is 2. The van der Waals surface area contributed by atoms with Crippen molar-refractivity contribution < 1.29 is 0 Å². The third-order valence-corrected chi connectivity index (χ3v) is 5.14. The van der Waals surface area contributed by atoms with Crippen LogP contribution in [0.25, 0.3) is 0 Å². The molecule has 3 nitrogen and oxygen atoms in total. The number of hydrogen-bond donors (Lipinski definition) is 0. The lowest BCUT2D eigenvalue weighted by Gasteiger charge is -2.19. The Morgan fingerprint density at radius 1 is 0.952 bits per heavy atom. The van der Waals surface area contributed by atoms with Gasteiger partial charge in [-0.2, -0.15) is 0 Å². The van der Waals surface area contributed by atoms with E-state index in [1.54, 1.807) is 0 Å². The second kappa shape index (κ2) is 4.97. The number of aryl methyl sites for hydroxylation is 2. The van der Waals surface area contributed by atoms with Crippen LogP contribution in [0.15, 0.2) is 24.3 Å². The minimum atomic E-state index is 0.151. The van der Waals surface area contributed by atoms with Gasteiger partial charge in [0.1, 0.15) is 11.6 Å². The SMILES string of the molecule is Cc1ccc(C2(c3nnc4n3CCCCCC4)CC2)cc1. The number of fused-ring (bicyclic) bond motifs is 1. The van der Waals surface area contributed by atoms with E-state index in [-0.39, 0.29) is 5.41 Å². The topological polar surface area (TPSA) is 30.7 Å². The predicted molar refractivity (Wildman–Crippen MR) is 83.4 cm³/mol. The van der Waals surface area contributed by atoms with Gasteiger partial charge in [-0.05, 0) is 38.2 Å². The zero-order valence-corrected chi connectivity index (χ0v) is 12.8. The van der Waals surface area contributed by atoms with Crippen molar-refractivity contribution in [2.75, 3.05) is 0 Å². The third-order valence-electron chi connectivity index (χ3n) is 5.14. The van der Waals surface area contributed by atoms with Crippen molar-refractivity contribution in [1.82, 2.24) is 14.8 Å². The van der Waals surface area contributed by atoms with Gasteiger partial charge in [-0.3, -0.25) is 0 Å². The molecule has 0 spiro atoms. The van der Waals surface area contributed by atoms with Crippen LogP contribution in [0.4, 0.5) is 0 Å². The summed E-state index contributed by atoms with van der Waals surface area (Å²) in [6, 6.07) is 9.01. The Hall–Kier alpha value is -1.64. The summed E-state index contributed by atoms with van der Waals surface area (Å²) in [7, 11) is 0. The summed E-state index contributed by atoms with van der Waals surface area (Å²) in [4.78, 5) is 0. The molecule has 3 heteroatoms. The molecule has 4 rings (SSSR count). The number of benzene rings is 1. The fourth-order valence-corrected chi connectivity index (χ4v) is 3.65. The molecular formula is C18H23N3. The molecule has 110 valence electrons. The van der Waals surface area contributed by atoms with Gasteiger partial charge in [0.05, 0.1) is 5.41 Å². The van der Waals surface area contributed by atoms with Crippen LogP contribution in [-0.4, -0.2) is 14.8 Å². The van der Waals surface area contributed by atoms with Crippen molar-refractivity contribution in [1.29, 1.82) is 0 Å². The van der Waals surface area contributed by atoms with Crippen LogP contribution in [0.1, 0.15) is 61.3 Å². The van der Waals surface area contributed by atoms with Crippen LogP contribution < -0.4 is 0 Å². The monoisotopic (exact) mass is 281 g/mol. The first kappa shape index (κ1) is 13.1. The molecule has 0 amide bonds. The highest BCUT2D eigenvalue weighted by molar-refractivity contribution is 5.40. The molecule has 1 aliphatic carbocycles. The van der Waals surface area contributed by atoms with Crippen LogP contribution in [0, 0.1) is 6.92 Å². The smallest absolute Gasteiger partial charge is 0.143 e. The summed E-state index contributed by atoms with van der Waals surface area (Å²) in [6.07, 6.45) is 8.73. The summed E-state index contributed by atoms with van der Waals surface area (Å²) in [5, 5.41) is 9.15. The number of nitrogens with zero attached hydrogens (tertiary/aromatic N) is 3. The summed E-state index contributed by atoms with van der Waals surface area (Å²) < 4.78 is 2.44. The molecular weight excluding hydrogens is 258 g/mol. The van der Waals surface area contributed by atoms with Gasteiger partial charge >= 0.3 is 0 Å². The van der Waals surface area contributed by atoms with Gasteiger partial charge in [0, 0.05) is 13.0 Å². The van der Waals surface area contributed by atoms with Gasteiger partial charge in [0.15, 0.2) is 0 Å². The lowest BCUT2D eigenvalue weighted by molar-refractivity contribution is 0.495. The van der Waals surface area contributed by atoms with Crippen LogP contribution in [0.3, 0.4) is 0 Å². The van der Waals surface area contributed by atoms with Crippen LogP contribution in [0.2, 0.25) is 0 Å². The zero-order valence-electron chi connectivity index (χ0n) is 12.8. The lowest BCUT2D eigenvalue weighted by Crippen LogP contribution is -2.19. The first-order valence-electron chi connectivity index (χ1n) is 8.29. The minimum absolute atomic E-state index is 0.151. The summed E-state index contributed by atoms with van der Waals surface area (Å²) in [5.74, 6) is 2.44. The molecule has 1 aromatic heterocycles. The average molecular weight is 281 g/mol. The average Bonchev–Trinajstić information content (AvgIpc) is 3.17. The largest absolute Gasteiger partial charge is 0.314 e. The van der Waals surface area contributed by atoms with E-state index >= 15 is 0 Å². The molecule has 0 unspecified atom stereocenters. The minimum Gasteiger partial charge on any atom is -0.314 e.